The number of nitrogens with one attached hydrogen (secondary N) is 1. The Labute approximate surface area is 117 Å². The molecule has 0 spiro atoms. The van der Waals surface area contributed by atoms with E-state index in [-0.39, 0.29) is 0 Å². The Hall–Kier alpha value is -0.860. The first kappa shape index (κ1) is 14.5. The van der Waals surface area contributed by atoms with Gasteiger partial charge in [0.25, 0.3) is 0 Å². The zero-order chi connectivity index (χ0) is 13.3. The van der Waals surface area contributed by atoms with E-state index >= 15 is 0 Å². The van der Waals surface area contributed by atoms with Crippen molar-refractivity contribution in [2.24, 2.45) is 0 Å². The molecule has 0 heterocycles. The highest BCUT2D eigenvalue weighted by molar-refractivity contribution is 5.21. The van der Waals surface area contributed by atoms with Gasteiger partial charge in [0.1, 0.15) is 0 Å². The summed E-state index contributed by atoms with van der Waals surface area (Å²) in [4.78, 5) is 0. The molecule has 19 heavy (non-hydrogen) atoms. The molecule has 2 nitrogen and oxygen atoms in total. The summed E-state index contributed by atoms with van der Waals surface area (Å²) < 4.78 is 0. The van der Waals surface area contributed by atoms with Gasteiger partial charge in [0.15, 0.2) is 0 Å². The predicted octanol–water partition coefficient (Wildman–Crippen LogP) is 3.47. The molecule has 0 aromatic heterocycles. The van der Waals surface area contributed by atoms with Crippen LogP contribution in [0, 0.1) is 0 Å². The summed E-state index contributed by atoms with van der Waals surface area (Å²) in [5.74, 6) is 0.688. The summed E-state index contributed by atoms with van der Waals surface area (Å²) in [7, 11) is 0. The quantitative estimate of drug-likeness (QED) is 0.737. The Morgan fingerprint density at radius 2 is 1.79 bits per heavy atom. The number of unbranched alkanes of at least 4 members (excludes halogenated alkanes) is 2. The molecule has 0 radical (unpaired) electrons. The highest BCUT2D eigenvalue weighted by Crippen LogP contribution is 2.32. The zero-order valence-corrected chi connectivity index (χ0v) is 11.9. The highest BCUT2D eigenvalue weighted by Gasteiger charge is 2.25. The number of aliphatic hydroxyl groups is 1. The predicted molar refractivity (Wildman–Crippen MR) is 80.4 cm³/mol. The molecular weight excluding hydrogens is 234 g/mol. The second-order valence-corrected chi connectivity index (χ2v) is 5.65. The lowest BCUT2D eigenvalue weighted by molar-refractivity contribution is 0.280. The topological polar surface area (TPSA) is 32.3 Å². The van der Waals surface area contributed by atoms with Gasteiger partial charge in [-0.05, 0) is 50.1 Å². The molecule has 2 atom stereocenters. The van der Waals surface area contributed by atoms with Crippen molar-refractivity contribution in [3.63, 3.8) is 0 Å². The van der Waals surface area contributed by atoms with E-state index in [9.17, 15) is 0 Å². The third-order valence-corrected chi connectivity index (χ3v) is 4.24. The molecule has 1 aliphatic carbocycles. The van der Waals surface area contributed by atoms with Crippen molar-refractivity contribution in [1.29, 1.82) is 0 Å². The largest absolute Gasteiger partial charge is 0.396 e. The van der Waals surface area contributed by atoms with Gasteiger partial charge in [-0.3, -0.25) is 0 Å². The van der Waals surface area contributed by atoms with Crippen LogP contribution in [0.15, 0.2) is 30.3 Å². The first-order valence-electron chi connectivity index (χ1n) is 7.81. The standard InChI is InChI=1S/C17H27NO/c19-14-8-2-7-13-18-17-12-6-5-11-16(17)15-9-3-1-4-10-15/h1,3-4,9-10,16-19H,2,5-8,11-14H2. The first-order chi connectivity index (χ1) is 9.42. The van der Waals surface area contributed by atoms with Crippen molar-refractivity contribution in [3.05, 3.63) is 35.9 Å². The first-order valence-corrected chi connectivity index (χ1v) is 7.81. The molecule has 2 heteroatoms. The van der Waals surface area contributed by atoms with Crippen molar-refractivity contribution >= 4 is 0 Å². The number of benzene rings is 1. The van der Waals surface area contributed by atoms with Gasteiger partial charge < -0.3 is 10.4 Å². The molecule has 1 aromatic carbocycles. The molecular formula is C17H27NO. The van der Waals surface area contributed by atoms with Crippen molar-refractivity contribution in [2.75, 3.05) is 13.2 Å². The Balaban J connectivity index is 1.83. The SMILES string of the molecule is OCCCCCNC1CCCCC1c1ccccc1. The van der Waals surface area contributed by atoms with Gasteiger partial charge in [-0.1, -0.05) is 43.2 Å². The summed E-state index contributed by atoms with van der Waals surface area (Å²) in [5, 5.41) is 12.5. The lowest BCUT2D eigenvalue weighted by Crippen LogP contribution is -2.37. The van der Waals surface area contributed by atoms with Crippen LogP contribution in [0.1, 0.15) is 56.4 Å². The summed E-state index contributed by atoms with van der Waals surface area (Å²) in [5.41, 5.74) is 1.50. The molecule has 0 aliphatic heterocycles. The number of hydrogen-bond donors (Lipinski definition) is 2. The Morgan fingerprint density at radius 3 is 2.58 bits per heavy atom. The van der Waals surface area contributed by atoms with Crippen LogP contribution in [0.3, 0.4) is 0 Å². The molecule has 106 valence electrons. The van der Waals surface area contributed by atoms with E-state index in [1.807, 2.05) is 0 Å². The lowest BCUT2D eigenvalue weighted by atomic mass is 9.80. The summed E-state index contributed by atoms with van der Waals surface area (Å²) in [6, 6.07) is 11.6. The third-order valence-electron chi connectivity index (χ3n) is 4.24. The van der Waals surface area contributed by atoms with Gasteiger partial charge in [0.05, 0.1) is 0 Å². The van der Waals surface area contributed by atoms with Gasteiger partial charge in [0, 0.05) is 12.6 Å². The van der Waals surface area contributed by atoms with Crippen LogP contribution in [0.25, 0.3) is 0 Å². The fraction of sp³-hybridized carbons (Fsp3) is 0.647. The van der Waals surface area contributed by atoms with Crippen molar-refractivity contribution in [3.8, 4) is 0 Å². The number of aliphatic hydroxyl groups excluding tert-OH is 1. The van der Waals surface area contributed by atoms with Gasteiger partial charge in [-0.25, -0.2) is 0 Å². The van der Waals surface area contributed by atoms with Crippen LogP contribution in [-0.4, -0.2) is 24.3 Å². The van der Waals surface area contributed by atoms with Crippen LogP contribution in [0.5, 0.6) is 0 Å². The van der Waals surface area contributed by atoms with Crippen molar-refractivity contribution in [1.82, 2.24) is 5.32 Å². The average molecular weight is 261 g/mol. The minimum absolute atomic E-state index is 0.329. The van der Waals surface area contributed by atoms with E-state index in [0.29, 0.717) is 18.6 Å². The summed E-state index contributed by atoms with van der Waals surface area (Å²) in [6.07, 6.45) is 8.59. The Bertz CT molecular complexity index is 338. The minimum Gasteiger partial charge on any atom is -0.396 e. The van der Waals surface area contributed by atoms with E-state index in [0.717, 1.165) is 19.4 Å². The molecule has 1 saturated carbocycles. The van der Waals surface area contributed by atoms with Crippen LogP contribution in [-0.2, 0) is 0 Å². The monoisotopic (exact) mass is 261 g/mol. The average Bonchev–Trinajstić information content (AvgIpc) is 2.48. The molecule has 2 unspecified atom stereocenters. The van der Waals surface area contributed by atoms with Gasteiger partial charge in [0.2, 0.25) is 0 Å². The van der Waals surface area contributed by atoms with E-state index in [2.05, 4.69) is 35.6 Å². The maximum Gasteiger partial charge on any atom is 0.0431 e. The van der Waals surface area contributed by atoms with Gasteiger partial charge >= 0.3 is 0 Å². The highest BCUT2D eigenvalue weighted by atomic mass is 16.2. The Kier molecular flexibility index (Phi) is 6.38. The normalized spacial score (nSPS) is 23.4. The zero-order valence-electron chi connectivity index (χ0n) is 11.9. The van der Waals surface area contributed by atoms with Gasteiger partial charge in [-0.15, -0.1) is 0 Å². The molecule has 0 amide bonds. The van der Waals surface area contributed by atoms with E-state index < -0.39 is 0 Å². The molecule has 2 rings (SSSR count). The third kappa shape index (κ3) is 4.63. The fourth-order valence-corrected chi connectivity index (χ4v) is 3.18. The van der Waals surface area contributed by atoms with Gasteiger partial charge in [-0.2, -0.15) is 0 Å². The minimum atomic E-state index is 0.329. The van der Waals surface area contributed by atoms with E-state index in [1.165, 1.54) is 37.7 Å². The van der Waals surface area contributed by atoms with Crippen LogP contribution in [0.4, 0.5) is 0 Å². The van der Waals surface area contributed by atoms with Crippen LogP contribution >= 0.6 is 0 Å². The van der Waals surface area contributed by atoms with Crippen molar-refractivity contribution in [2.45, 2.75) is 56.9 Å². The fourth-order valence-electron chi connectivity index (χ4n) is 3.18. The molecule has 1 aliphatic rings. The maximum absolute atomic E-state index is 8.78. The molecule has 2 N–H and O–H groups in total. The second-order valence-electron chi connectivity index (χ2n) is 5.65. The lowest BCUT2D eigenvalue weighted by Gasteiger charge is -2.33. The van der Waals surface area contributed by atoms with E-state index in [4.69, 9.17) is 5.11 Å². The van der Waals surface area contributed by atoms with Crippen molar-refractivity contribution < 1.29 is 5.11 Å². The van der Waals surface area contributed by atoms with Crippen LogP contribution in [0.2, 0.25) is 0 Å². The summed E-state index contributed by atoms with van der Waals surface area (Å²) >= 11 is 0. The molecule has 1 fully saturated rings. The molecule has 0 saturated heterocycles. The number of hydrogen-bond acceptors (Lipinski definition) is 2. The molecule has 1 aromatic rings. The second kappa shape index (κ2) is 8.34. The molecule has 0 bridgehead atoms. The summed E-state index contributed by atoms with van der Waals surface area (Å²) in [6.45, 7) is 1.42. The Morgan fingerprint density at radius 1 is 1.00 bits per heavy atom. The van der Waals surface area contributed by atoms with Crippen LogP contribution < -0.4 is 5.32 Å². The smallest absolute Gasteiger partial charge is 0.0431 e. The maximum atomic E-state index is 8.78. The van der Waals surface area contributed by atoms with E-state index in [1.54, 1.807) is 0 Å². The number of rotatable bonds is 7.